The second-order valence-electron chi connectivity index (χ2n) is 6.18. The summed E-state index contributed by atoms with van der Waals surface area (Å²) in [6.45, 7) is 3.89. The Morgan fingerprint density at radius 1 is 1.19 bits per heavy atom. The van der Waals surface area contributed by atoms with Gasteiger partial charge in [0.2, 0.25) is 5.91 Å². The zero-order chi connectivity index (χ0) is 22.6. The van der Waals surface area contributed by atoms with E-state index in [1.54, 1.807) is 16.7 Å². The Kier molecular flexibility index (Phi) is 7.01. The maximum absolute atomic E-state index is 14.2. The zero-order valence-corrected chi connectivity index (χ0v) is 17.4. The molecule has 0 atom stereocenters. The predicted molar refractivity (Wildman–Crippen MR) is 111 cm³/mol. The van der Waals surface area contributed by atoms with Crippen molar-refractivity contribution in [3.8, 4) is 11.4 Å². The SMILES string of the molecule is C=CCn1c(SCC(=O)Nc2c(Cl)cccc2C(F)(F)F)nnc1-c1ccccc1F. The number of halogens is 5. The second-order valence-corrected chi connectivity index (χ2v) is 7.53. The molecular weight excluding hydrogens is 456 g/mol. The van der Waals surface area contributed by atoms with Crippen LogP contribution in [-0.4, -0.2) is 26.4 Å². The molecule has 1 aromatic heterocycles. The van der Waals surface area contributed by atoms with Gasteiger partial charge in [0, 0.05) is 6.54 Å². The number of hydrogen-bond donors (Lipinski definition) is 1. The van der Waals surface area contributed by atoms with Crippen LogP contribution in [-0.2, 0) is 17.5 Å². The number of aromatic nitrogens is 3. The Morgan fingerprint density at radius 3 is 2.61 bits per heavy atom. The van der Waals surface area contributed by atoms with Crippen LogP contribution in [0.1, 0.15) is 5.56 Å². The smallest absolute Gasteiger partial charge is 0.324 e. The van der Waals surface area contributed by atoms with Gasteiger partial charge in [0.1, 0.15) is 5.82 Å². The molecule has 3 aromatic rings. The highest BCUT2D eigenvalue weighted by Gasteiger charge is 2.34. The molecule has 0 aliphatic heterocycles. The molecule has 162 valence electrons. The number of thioether (sulfide) groups is 1. The third kappa shape index (κ3) is 5.26. The van der Waals surface area contributed by atoms with E-state index in [9.17, 15) is 22.4 Å². The van der Waals surface area contributed by atoms with Crippen LogP contribution in [0.4, 0.5) is 23.2 Å². The van der Waals surface area contributed by atoms with Gasteiger partial charge in [-0.15, -0.1) is 16.8 Å². The first-order valence-electron chi connectivity index (χ1n) is 8.79. The van der Waals surface area contributed by atoms with Crippen molar-refractivity contribution < 1.29 is 22.4 Å². The number of para-hydroxylation sites is 1. The summed E-state index contributed by atoms with van der Waals surface area (Å²) in [6, 6.07) is 9.24. The number of nitrogens with one attached hydrogen (secondary N) is 1. The summed E-state index contributed by atoms with van der Waals surface area (Å²) in [4.78, 5) is 12.3. The fourth-order valence-corrected chi connectivity index (χ4v) is 3.69. The van der Waals surface area contributed by atoms with Crippen LogP contribution >= 0.6 is 23.4 Å². The van der Waals surface area contributed by atoms with E-state index < -0.39 is 29.2 Å². The number of alkyl halides is 3. The van der Waals surface area contributed by atoms with Crippen molar-refractivity contribution in [2.24, 2.45) is 0 Å². The van der Waals surface area contributed by atoms with E-state index in [0.29, 0.717) is 0 Å². The normalized spacial score (nSPS) is 11.4. The van der Waals surface area contributed by atoms with Crippen LogP contribution in [0.3, 0.4) is 0 Å². The Balaban J connectivity index is 1.79. The molecule has 1 heterocycles. The second kappa shape index (κ2) is 9.52. The Morgan fingerprint density at radius 2 is 1.94 bits per heavy atom. The number of allylic oxidation sites excluding steroid dienone is 1. The van der Waals surface area contributed by atoms with Gasteiger partial charge in [0.15, 0.2) is 11.0 Å². The third-order valence-electron chi connectivity index (χ3n) is 4.06. The number of nitrogens with zero attached hydrogens (tertiary/aromatic N) is 3. The topological polar surface area (TPSA) is 59.8 Å². The van der Waals surface area contributed by atoms with Crippen LogP contribution in [0.2, 0.25) is 5.02 Å². The van der Waals surface area contributed by atoms with Crippen LogP contribution < -0.4 is 5.32 Å². The van der Waals surface area contributed by atoms with Crippen molar-refractivity contribution in [2.45, 2.75) is 17.9 Å². The maximum Gasteiger partial charge on any atom is 0.418 e. The largest absolute Gasteiger partial charge is 0.418 e. The van der Waals surface area contributed by atoms with Gasteiger partial charge in [-0.1, -0.05) is 47.6 Å². The zero-order valence-electron chi connectivity index (χ0n) is 15.8. The molecule has 0 bridgehead atoms. The van der Waals surface area contributed by atoms with E-state index in [4.69, 9.17) is 11.6 Å². The molecule has 0 aliphatic rings. The van der Waals surface area contributed by atoms with E-state index in [-0.39, 0.29) is 33.9 Å². The van der Waals surface area contributed by atoms with Gasteiger partial charge in [0.25, 0.3) is 0 Å². The minimum atomic E-state index is -4.68. The molecule has 1 N–H and O–H groups in total. The first kappa shape index (κ1) is 22.8. The molecule has 0 unspecified atom stereocenters. The molecule has 0 aliphatic carbocycles. The highest BCUT2D eigenvalue weighted by atomic mass is 35.5. The lowest BCUT2D eigenvalue weighted by Crippen LogP contribution is -2.19. The van der Waals surface area contributed by atoms with Crippen molar-refractivity contribution in [3.63, 3.8) is 0 Å². The van der Waals surface area contributed by atoms with Gasteiger partial charge in [-0.3, -0.25) is 9.36 Å². The van der Waals surface area contributed by atoms with Crippen molar-refractivity contribution in [3.05, 3.63) is 71.5 Å². The van der Waals surface area contributed by atoms with Gasteiger partial charge >= 0.3 is 6.18 Å². The van der Waals surface area contributed by atoms with Gasteiger partial charge in [0.05, 0.1) is 27.6 Å². The summed E-state index contributed by atoms with van der Waals surface area (Å²) in [5.74, 6) is -1.24. The predicted octanol–water partition coefficient (Wildman–Crippen LogP) is 5.67. The number of hydrogen-bond acceptors (Lipinski definition) is 4. The van der Waals surface area contributed by atoms with E-state index in [1.165, 1.54) is 24.3 Å². The fraction of sp³-hybridized carbons (Fsp3) is 0.150. The molecule has 0 saturated carbocycles. The lowest BCUT2D eigenvalue weighted by Gasteiger charge is -2.15. The number of carbonyl (C=O) groups excluding carboxylic acids is 1. The molecular formula is C20H15ClF4N4OS. The fourth-order valence-electron chi connectivity index (χ4n) is 2.72. The molecule has 0 saturated heterocycles. The summed E-state index contributed by atoms with van der Waals surface area (Å²) in [5.41, 5.74) is -1.34. The molecule has 5 nitrogen and oxygen atoms in total. The molecule has 0 radical (unpaired) electrons. The molecule has 0 spiro atoms. The van der Waals surface area contributed by atoms with Gasteiger partial charge < -0.3 is 5.32 Å². The van der Waals surface area contributed by atoms with Gasteiger partial charge in [-0.05, 0) is 24.3 Å². The van der Waals surface area contributed by atoms with Crippen LogP contribution in [0, 0.1) is 5.82 Å². The lowest BCUT2D eigenvalue weighted by molar-refractivity contribution is -0.137. The first-order chi connectivity index (χ1) is 14.7. The molecule has 3 rings (SSSR count). The highest BCUT2D eigenvalue weighted by Crippen LogP contribution is 2.38. The minimum Gasteiger partial charge on any atom is -0.324 e. The van der Waals surface area contributed by atoms with E-state index in [2.05, 4.69) is 22.1 Å². The van der Waals surface area contributed by atoms with Crippen molar-refractivity contribution in [2.75, 3.05) is 11.1 Å². The van der Waals surface area contributed by atoms with Crippen molar-refractivity contribution in [1.29, 1.82) is 0 Å². The average molecular weight is 471 g/mol. The Labute approximate surface area is 184 Å². The number of benzene rings is 2. The van der Waals surface area contributed by atoms with Crippen LogP contribution in [0.25, 0.3) is 11.4 Å². The molecule has 0 fully saturated rings. The average Bonchev–Trinajstić information content (AvgIpc) is 3.10. The molecule has 1 amide bonds. The summed E-state index contributed by atoms with van der Waals surface area (Å²) in [6.07, 6.45) is -3.13. The number of carbonyl (C=O) groups is 1. The van der Waals surface area contributed by atoms with Crippen molar-refractivity contribution >= 4 is 35.0 Å². The first-order valence-corrected chi connectivity index (χ1v) is 10.2. The quantitative estimate of drug-likeness (QED) is 0.274. The van der Waals surface area contributed by atoms with Gasteiger partial charge in [-0.2, -0.15) is 13.2 Å². The van der Waals surface area contributed by atoms with Crippen LogP contribution in [0.15, 0.2) is 60.3 Å². The summed E-state index contributed by atoms with van der Waals surface area (Å²) in [5, 5.41) is 10.2. The number of amides is 1. The van der Waals surface area contributed by atoms with E-state index >= 15 is 0 Å². The summed E-state index contributed by atoms with van der Waals surface area (Å²) < 4.78 is 55.3. The molecule has 2 aromatic carbocycles. The van der Waals surface area contributed by atoms with E-state index in [0.717, 1.165) is 23.9 Å². The monoisotopic (exact) mass is 470 g/mol. The maximum atomic E-state index is 14.2. The highest BCUT2D eigenvalue weighted by molar-refractivity contribution is 7.99. The van der Waals surface area contributed by atoms with E-state index in [1.807, 2.05) is 0 Å². The minimum absolute atomic E-state index is 0.221. The van der Waals surface area contributed by atoms with Gasteiger partial charge in [-0.25, -0.2) is 4.39 Å². The lowest BCUT2D eigenvalue weighted by atomic mass is 10.1. The standard InChI is InChI=1S/C20H15ClF4N4OS/c1-2-10-29-18(12-6-3-4-9-15(12)22)27-28-19(29)31-11-16(30)26-17-13(20(23,24)25)7-5-8-14(17)21/h2-9H,1,10-11H2,(H,26,30). The number of anilines is 1. The Hall–Kier alpha value is -2.85. The summed E-state index contributed by atoms with van der Waals surface area (Å²) >= 11 is 6.79. The van der Waals surface area contributed by atoms with Crippen molar-refractivity contribution in [1.82, 2.24) is 14.8 Å². The number of rotatable bonds is 7. The third-order valence-corrected chi connectivity index (χ3v) is 5.34. The summed E-state index contributed by atoms with van der Waals surface area (Å²) in [7, 11) is 0. The van der Waals surface area contributed by atoms with Crippen LogP contribution in [0.5, 0.6) is 0 Å². The molecule has 11 heteroatoms. The Bertz CT molecular complexity index is 1120. The molecule has 31 heavy (non-hydrogen) atoms.